The average molecular weight is 386 g/mol. The second-order valence-electron chi connectivity index (χ2n) is 7.14. The first-order valence-electron chi connectivity index (χ1n) is 9.39. The summed E-state index contributed by atoms with van der Waals surface area (Å²) in [6, 6.07) is 16.9. The van der Waals surface area contributed by atoms with Crippen LogP contribution in [0.15, 0.2) is 59.0 Å². The van der Waals surface area contributed by atoms with Gasteiger partial charge in [0.25, 0.3) is 5.91 Å². The molecule has 5 heteroatoms. The standard InChI is InChI=1S/C24H22N2O3/c1-14-8-9-18(24-26-21-10-15(2)16(3)11-22(21)29-24)13-20(14)25-23(27)17-6-5-7-19(12-17)28-4/h5-13H,1-4H3,(H,25,27). The first kappa shape index (κ1) is 18.7. The first-order valence-corrected chi connectivity index (χ1v) is 9.39. The van der Waals surface area contributed by atoms with E-state index in [1.807, 2.05) is 37.3 Å². The molecule has 4 aromatic rings. The number of hydrogen-bond acceptors (Lipinski definition) is 4. The zero-order chi connectivity index (χ0) is 20.5. The maximum Gasteiger partial charge on any atom is 0.255 e. The van der Waals surface area contributed by atoms with E-state index in [0.29, 0.717) is 22.9 Å². The lowest BCUT2D eigenvalue weighted by Crippen LogP contribution is -2.12. The Labute approximate surface area is 169 Å². The molecule has 0 saturated carbocycles. The normalized spacial score (nSPS) is 10.9. The summed E-state index contributed by atoms with van der Waals surface area (Å²) < 4.78 is 11.2. The summed E-state index contributed by atoms with van der Waals surface area (Å²) in [5.74, 6) is 0.968. The summed E-state index contributed by atoms with van der Waals surface area (Å²) in [7, 11) is 1.58. The van der Waals surface area contributed by atoms with Gasteiger partial charge in [-0.25, -0.2) is 4.98 Å². The van der Waals surface area contributed by atoms with E-state index >= 15 is 0 Å². The summed E-state index contributed by atoms with van der Waals surface area (Å²) in [5.41, 5.74) is 6.92. The quantitative estimate of drug-likeness (QED) is 0.490. The highest BCUT2D eigenvalue weighted by Gasteiger charge is 2.13. The number of benzene rings is 3. The molecule has 0 unspecified atom stereocenters. The molecule has 4 rings (SSSR count). The minimum absolute atomic E-state index is 0.201. The molecule has 0 radical (unpaired) electrons. The number of rotatable bonds is 4. The smallest absolute Gasteiger partial charge is 0.255 e. The van der Waals surface area contributed by atoms with Crippen LogP contribution >= 0.6 is 0 Å². The Morgan fingerprint density at radius 1 is 0.966 bits per heavy atom. The van der Waals surface area contributed by atoms with Gasteiger partial charge in [-0.2, -0.15) is 0 Å². The highest BCUT2D eigenvalue weighted by molar-refractivity contribution is 6.05. The lowest BCUT2D eigenvalue weighted by molar-refractivity contribution is 0.102. The Bertz CT molecular complexity index is 1190. The van der Waals surface area contributed by atoms with E-state index < -0.39 is 0 Å². The maximum atomic E-state index is 12.7. The lowest BCUT2D eigenvalue weighted by Gasteiger charge is -2.10. The second-order valence-corrected chi connectivity index (χ2v) is 7.14. The van der Waals surface area contributed by atoms with Crippen LogP contribution in [0.3, 0.4) is 0 Å². The van der Waals surface area contributed by atoms with Gasteiger partial charge < -0.3 is 14.5 Å². The molecule has 1 aromatic heterocycles. The molecule has 146 valence electrons. The molecule has 5 nitrogen and oxygen atoms in total. The number of aromatic nitrogens is 1. The van der Waals surface area contributed by atoms with Crippen LogP contribution in [0.25, 0.3) is 22.6 Å². The number of oxazole rings is 1. The first-order chi connectivity index (χ1) is 13.9. The number of hydrogen-bond donors (Lipinski definition) is 1. The summed E-state index contributed by atoms with van der Waals surface area (Å²) in [5, 5.41) is 2.98. The fourth-order valence-electron chi connectivity index (χ4n) is 3.15. The number of ether oxygens (including phenoxy) is 1. The van der Waals surface area contributed by atoms with Gasteiger partial charge in [0.15, 0.2) is 5.58 Å². The van der Waals surface area contributed by atoms with Crippen LogP contribution in [0.2, 0.25) is 0 Å². The maximum absolute atomic E-state index is 12.7. The van der Waals surface area contributed by atoms with Crippen LogP contribution in [0.1, 0.15) is 27.0 Å². The van der Waals surface area contributed by atoms with Gasteiger partial charge in [-0.3, -0.25) is 4.79 Å². The highest BCUT2D eigenvalue weighted by atomic mass is 16.5. The van der Waals surface area contributed by atoms with Crippen molar-refractivity contribution in [2.75, 3.05) is 12.4 Å². The molecule has 1 N–H and O–H groups in total. The van der Waals surface area contributed by atoms with Gasteiger partial charge in [0.2, 0.25) is 5.89 Å². The Kier molecular flexibility index (Phi) is 4.80. The fraction of sp³-hybridized carbons (Fsp3) is 0.167. The molecule has 29 heavy (non-hydrogen) atoms. The topological polar surface area (TPSA) is 64.4 Å². The van der Waals surface area contributed by atoms with Crippen LogP contribution < -0.4 is 10.1 Å². The summed E-state index contributed by atoms with van der Waals surface area (Å²) in [4.78, 5) is 17.3. The van der Waals surface area contributed by atoms with Gasteiger partial charge in [-0.1, -0.05) is 12.1 Å². The van der Waals surface area contributed by atoms with Gasteiger partial charge >= 0.3 is 0 Å². The number of aryl methyl sites for hydroxylation is 3. The van der Waals surface area contributed by atoms with Crippen LogP contribution in [0, 0.1) is 20.8 Å². The van der Waals surface area contributed by atoms with E-state index in [1.165, 1.54) is 5.56 Å². The lowest BCUT2D eigenvalue weighted by atomic mass is 10.1. The molecule has 0 aliphatic carbocycles. The zero-order valence-corrected chi connectivity index (χ0v) is 16.9. The van der Waals surface area contributed by atoms with Crippen LogP contribution in [-0.2, 0) is 0 Å². The number of carbonyl (C=O) groups is 1. The van der Waals surface area contributed by atoms with Crippen molar-refractivity contribution in [2.45, 2.75) is 20.8 Å². The number of amides is 1. The van der Waals surface area contributed by atoms with E-state index in [1.54, 1.807) is 31.4 Å². The number of carbonyl (C=O) groups excluding carboxylic acids is 1. The third-order valence-corrected chi connectivity index (χ3v) is 5.07. The summed E-state index contributed by atoms with van der Waals surface area (Å²) in [6.45, 7) is 6.06. The number of fused-ring (bicyclic) bond motifs is 1. The van der Waals surface area contributed by atoms with Gasteiger partial charge in [-0.05, 0) is 79.9 Å². The second kappa shape index (κ2) is 7.43. The van der Waals surface area contributed by atoms with Crippen LogP contribution in [-0.4, -0.2) is 18.0 Å². The molecule has 0 atom stereocenters. The molecule has 1 amide bonds. The van der Waals surface area contributed by atoms with E-state index in [4.69, 9.17) is 9.15 Å². The molecule has 0 fully saturated rings. The van der Waals surface area contributed by atoms with E-state index in [0.717, 1.165) is 27.8 Å². The average Bonchev–Trinajstić information content (AvgIpc) is 3.12. The van der Waals surface area contributed by atoms with Crippen molar-refractivity contribution in [3.8, 4) is 17.2 Å². The minimum atomic E-state index is -0.201. The molecule has 3 aromatic carbocycles. The molecule has 1 heterocycles. The summed E-state index contributed by atoms with van der Waals surface area (Å²) in [6.07, 6.45) is 0. The molecule has 0 saturated heterocycles. The largest absolute Gasteiger partial charge is 0.497 e. The Hall–Kier alpha value is -3.60. The number of anilines is 1. The van der Waals surface area contributed by atoms with Gasteiger partial charge in [0, 0.05) is 16.8 Å². The van der Waals surface area contributed by atoms with Crippen molar-refractivity contribution in [1.82, 2.24) is 4.98 Å². The monoisotopic (exact) mass is 386 g/mol. The fourth-order valence-corrected chi connectivity index (χ4v) is 3.15. The number of methoxy groups -OCH3 is 1. The predicted octanol–water partition coefficient (Wildman–Crippen LogP) is 5.68. The number of nitrogens with zero attached hydrogens (tertiary/aromatic N) is 1. The third kappa shape index (κ3) is 3.72. The Morgan fingerprint density at radius 3 is 2.55 bits per heavy atom. The molecule has 0 spiro atoms. The van der Waals surface area contributed by atoms with E-state index in [9.17, 15) is 4.79 Å². The van der Waals surface area contributed by atoms with Crippen molar-refractivity contribution >= 4 is 22.7 Å². The van der Waals surface area contributed by atoms with Crippen LogP contribution in [0.5, 0.6) is 5.75 Å². The van der Waals surface area contributed by atoms with Gasteiger partial charge in [0.05, 0.1) is 7.11 Å². The van der Waals surface area contributed by atoms with Crippen molar-refractivity contribution < 1.29 is 13.9 Å². The molecule has 0 bridgehead atoms. The van der Waals surface area contributed by atoms with E-state index in [-0.39, 0.29) is 5.91 Å². The number of nitrogens with one attached hydrogen (secondary N) is 1. The highest BCUT2D eigenvalue weighted by Crippen LogP contribution is 2.29. The summed E-state index contributed by atoms with van der Waals surface area (Å²) >= 11 is 0. The minimum Gasteiger partial charge on any atom is -0.497 e. The van der Waals surface area contributed by atoms with Crippen molar-refractivity contribution in [3.63, 3.8) is 0 Å². The molecule has 0 aliphatic heterocycles. The molecular formula is C24H22N2O3. The van der Waals surface area contributed by atoms with Crippen molar-refractivity contribution in [2.24, 2.45) is 0 Å². The van der Waals surface area contributed by atoms with Crippen LogP contribution in [0.4, 0.5) is 5.69 Å². The molecule has 0 aliphatic rings. The van der Waals surface area contributed by atoms with Crippen molar-refractivity contribution in [3.05, 3.63) is 76.9 Å². The Morgan fingerprint density at radius 2 is 1.76 bits per heavy atom. The van der Waals surface area contributed by atoms with Gasteiger partial charge in [0.1, 0.15) is 11.3 Å². The third-order valence-electron chi connectivity index (χ3n) is 5.07. The van der Waals surface area contributed by atoms with E-state index in [2.05, 4.69) is 24.1 Å². The predicted molar refractivity (Wildman–Crippen MR) is 115 cm³/mol. The zero-order valence-electron chi connectivity index (χ0n) is 16.9. The molecular weight excluding hydrogens is 364 g/mol. The Balaban J connectivity index is 1.66. The van der Waals surface area contributed by atoms with Gasteiger partial charge in [-0.15, -0.1) is 0 Å². The van der Waals surface area contributed by atoms with Crippen molar-refractivity contribution in [1.29, 1.82) is 0 Å². The SMILES string of the molecule is COc1cccc(C(=O)Nc2cc(-c3nc4cc(C)c(C)cc4o3)ccc2C)c1.